The normalized spacial score (nSPS) is 16.2. The third kappa shape index (κ3) is 2.49. The van der Waals surface area contributed by atoms with E-state index < -0.39 is 0 Å². The number of hydrogen-bond acceptors (Lipinski definition) is 4. The summed E-state index contributed by atoms with van der Waals surface area (Å²) in [6, 6.07) is 2.96. The van der Waals surface area contributed by atoms with Crippen LogP contribution in [0.1, 0.15) is 19.3 Å². The molecule has 0 radical (unpaired) electrons. The van der Waals surface area contributed by atoms with Crippen LogP contribution in [-0.4, -0.2) is 23.0 Å². The summed E-state index contributed by atoms with van der Waals surface area (Å²) in [6.07, 6.45) is 3.48. The quantitative estimate of drug-likeness (QED) is 0.476. The molecule has 16 heavy (non-hydrogen) atoms. The lowest BCUT2D eigenvalue weighted by Crippen LogP contribution is -2.30. The van der Waals surface area contributed by atoms with Crippen molar-refractivity contribution in [3.8, 4) is 0 Å². The third-order valence-electron chi connectivity index (χ3n) is 2.66. The van der Waals surface area contributed by atoms with E-state index in [1.807, 2.05) is 0 Å². The van der Waals surface area contributed by atoms with E-state index in [1.165, 1.54) is 18.6 Å². The molecule has 1 aliphatic rings. The highest BCUT2D eigenvalue weighted by atomic mass is 79.9. The molecule has 0 aliphatic carbocycles. The van der Waals surface area contributed by atoms with Crippen LogP contribution in [0.4, 0.5) is 11.5 Å². The first kappa shape index (κ1) is 11.3. The molecule has 0 unspecified atom stereocenters. The second-order valence-corrected chi connectivity index (χ2v) is 4.62. The zero-order chi connectivity index (χ0) is 11.5. The third-order valence-corrected chi connectivity index (χ3v) is 3.06. The molecule has 2 rings (SSSR count). The van der Waals surface area contributed by atoms with E-state index in [0.29, 0.717) is 10.4 Å². The number of hydrogen-bond donors (Lipinski definition) is 0. The van der Waals surface area contributed by atoms with Gasteiger partial charge in [0.25, 0.3) is 5.69 Å². The first-order valence-corrected chi connectivity index (χ1v) is 6.03. The van der Waals surface area contributed by atoms with E-state index >= 15 is 0 Å². The van der Waals surface area contributed by atoms with Crippen LogP contribution in [0.3, 0.4) is 0 Å². The Kier molecular flexibility index (Phi) is 3.38. The maximum Gasteiger partial charge on any atom is 0.275 e. The van der Waals surface area contributed by atoms with Crippen LogP contribution in [0.5, 0.6) is 0 Å². The van der Waals surface area contributed by atoms with Crippen LogP contribution in [-0.2, 0) is 0 Å². The van der Waals surface area contributed by atoms with E-state index in [1.54, 1.807) is 0 Å². The van der Waals surface area contributed by atoms with Gasteiger partial charge in [-0.2, -0.15) is 0 Å². The molecule has 1 saturated heterocycles. The van der Waals surface area contributed by atoms with Crippen molar-refractivity contribution >= 4 is 27.4 Å². The van der Waals surface area contributed by atoms with Gasteiger partial charge in [0, 0.05) is 19.2 Å². The molecule has 0 aromatic carbocycles. The standard InChI is InChI=1S/C10H12BrN3O2/c11-9-6-8(14(15)16)7-10(12-9)13-4-2-1-3-5-13/h6-7H,1-5H2. The van der Waals surface area contributed by atoms with Crippen LogP contribution in [0.25, 0.3) is 0 Å². The van der Waals surface area contributed by atoms with Gasteiger partial charge >= 0.3 is 0 Å². The zero-order valence-corrected chi connectivity index (χ0v) is 10.3. The number of aromatic nitrogens is 1. The Balaban J connectivity index is 2.28. The minimum Gasteiger partial charge on any atom is -0.356 e. The Hall–Kier alpha value is -1.17. The van der Waals surface area contributed by atoms with E-state index in [2.05, 4.69) is 25.8 Å². The second kappa shape index (κ2) is 4.78. The molecule has 0 saturated carbocycles. The van der Waals surface area contributed by atoms with Gasteiger partial charge in [0.05, 0.1) is 11.0 Å². The smallest absolute Gasteiger partial charge is 0.275 e. The second-order valence-electron chi connectivity index (χ2n) is 3.81. The van der Waals surface area contributed by atoms with Gasteiger partial charge in [-0.1, -0.05) is 0 Å². The van der Waals surface area contributed by atoms with Crippen molar-refractivity contribution in [1.82, 2.24) is 4.98 Å². The summed E-state index contributed by atoms with van der Waals surface area (Å²) < 4.78 is 0.516. The SMILES string of the molecule is O=[N+]([O-])c1cc(Br)nc(N2CCCCC2)c1. The fraction of sp³-hybridized carbons (Fsp3) is 0.500. The van der Waals surface area contributed by atoms with Crippen molar-refractivity contribution in [2.45, 2.75) is 19.3 Å². The van der Waals surface area contributed by atoms with E-state index in [-0.39, 0.29) is 10.6 Å². The Morgan fingerprint density at radius 1 is 1.31 bits per heavy atom. The van der Waals surface area contributed by atoms with Crippen molar-refractivity contribution in [3.63, 3.8) is 0 Å². The predicted octanol–water partition coefficient (Wildman–Crippen LogP) is 2.74. The molecule has 1 aromatic rings. The number of rotatable bonds is 2. The van der Waals surface area contributed by atoms with E-state index in [4.69, 9.17) is 0 Å². The lowest BCUT2D eigenvalue weighted by Gasteiger charge is -2.27. The van der Waals surface area contributed by atoms with E-state index in [0.717, 1.165) is 25.9 Å². The van der Waals surface area contributed by atoms with Crippen molar-refractivity contribution in [3.05, 3.63) is 26.9 Å². The zero-order valence-electron chi connectivity index (χ0n) is 8.73. The Morgan fingerprint density at radius 2 is 2.00 bits per heavy atom. The highest BCUT2D eigenvalue weighted by molar-refractivity contribution is 9.10. The average molecular weight is 286 g/mol. The lowest BCUT2D eigenvalue weighted by molar-refractivity contribution is -0.384. The van der Waals surface area contributed by atoms with Gasteiger partial charge in [-0.15, -0.1) is 0 Å². The Morgan fingerprint density at radius 3 is 2.62 bits per heavy atom. The van der Waals surface area contributed by atoms with Crippen molar-refractivity contribution in [2.24, 2.45) is 0 Å². The van der Waals surface area contributed by atoms with Gasteiger partial charge in [0.2, 0.25) is 0 Å². The molecule has 0 bridgehead atoms. The molecule has 0 N–H and O–H groups in total. The number of nitro groups is 1. The summed E-state index contributed by atoms with van der Waals surface area (Å²) >= 11 is 3.21. The first-order valence-electron chi connectivity index (χ1n) is 5.24. The minimum atomic E-state index is -0.389. The van der Waals surface area contributed by atoms with Gasteiger partial charge in [-0.25, -0.2) is 4.98 Å². The summed E-state index contributed by atoms with van der Waals surface area (Å²) in [6.45, 7) is 1.86. The average Bonchev–Trinajstić information content (AvgIpc) is 2.29. The Labute approximate surface area is 102 Å². The molecule has 5 nitrogen and oxygen atoms in total. The van der Waals surface area contributed by atoms with Crippen LogP contribution >= 0.6 is 15.9 Å². The van der Waals surface area contributed by atoms with Crippen molar-refractivity contribution in [1.29, 1.82) is 0 Å². The highest BCUT2D eigenvalue weighted by Gasteiger charge is 2.16. The summed E-state index contributed by atoms with van der Waals surface area (Å²) in [5.41, 5.74) is 0.0856. The van der Waals surface area contributed by atoms with Gasteiger partial charge < -0.3 is 4.90 Å². The number of halogens is 1. The van der Waals surface area contributed by atoms with Crippen LogP contribution < -0.4 is 4.90 Å². The molecule has 0 spiro atoms. The largest absolute Gasteiger partial charge is 0.356 e. The van der Waals surface area contributed by atoms with Gasteiger partial charge in [-0.05, 0) is 35.2 Å². The summed E-state index contributed by atoms with van der Waals surface area (Å²) in [5.74, 6) is 0.695. The maximum absolute atomic E-state index is 10.7. The molecule has 6 heteroatoms. The molecule has 1 aliphatic heterocycles. The highest BCUT2D eigenvalue weighted by Crippen LogP contribution is 2.25. The van der Waals surface area contributed by atoms with Gasteiger partial charge in [-0.3, -0.25) is 10.1 Å². The summed E-state index contributed by atoms with van der Waals surface area (Å²) in [7, 11) is 0. The number of pyridine rings is 1. The maximum atomic E-state index is 10.7. The van der Waals surface area contributed by atoms with Crippen molar-refractivity contribution in [2.75, 3.05) is 18.0 Å². The molecule has 0 atom stereocenters. The molecule has 1 fully saturated rings. The summed E-state index contributed by atoms with van der Waals surface area (Å²) in [4.78, 5) is 16.7. The Bertz CT molecular complexity index is 405. The molecular formula is C10H12BrN3O2. The van der Waals surface area contributed by atoms with Gasteiger partial charge in [0.1, 0.15) is 10.4 Å². The number of anilines is 1. The minimum absolute atomic E-state index is 0.0856. The van der Waals surface area contributed by atoms with Gasteiger partial charge in [0.15, 0.2) is 0 Å². The molecular weight excluding hydrogens is 274 g/mol. The van der Waals surface area contributed by atoms with Crippen LogP contribution in [0.2, 0.25) is 0 Å². The topological polar surface area (TPSA) is 59.3 Å². The van der Waals surface area contributed by atoms with Crippen LogP contribution in [0, 0.1) is 10.1 Å². The van der Waals surface area contributed by atoms with Crippen molar-refractivity contribution < 1.29 is 4.92 Å². The molecule has 1 aromatic heterocycles. The predicted molar refractivity (Wildman–Crippen MR) is 64.7 cm³/mol. The molecule has 86 valence electrons. The first-order chi connectivity index (χ1) is 7.66. The summed E-state index contributed by atoms with van der Waals surface area (Å²) in [5, 5.41) is 10.7. The van der Waals surface area contributed by atoms with Crippen LogP contribution in [0.15, 0.2) is 16.7 Å². The molecule has 0 amide bonds. The lowest BCUT2D eigenvalue weighted by atomic mass is 10.1. The molecule has 2 heterocycles. The van der Waals surface area contributed by atoms with E-state index in [9.17, 15) is 10.1 Å². The fourth-order valence-corrected chi connectivity index (χ4v) is 2.28. The fourth-order valence-electron chi connectivity index (χ4n) is 1.86. The monoisotopic (exact) mass is 285 g/mol. The number of piperidine rings is 1. The number of nitrogens with zero attached hydrogens (tertiary/aromatic N) is 3.